The summed E-state index contributed by atoms with van der Waals surface area (Å²) in [5.74, 6) is 0.873. The van der Waals surface area contributed by atoms with Crippen LogP contribution in [0, 0.1) is 0 Å². The van der Waals surface area contributed by atoms with E-state index in [0.29, 0.717) is 5.92 Å². The van der Waals surface area contributed by atoms with Crippen molar-refractivity contribution in [3.05, 3.63) is 16.1 Å². The number of aliphatic hydroxyl groups is 1. The van der Waals surface area contributed by atoms with E-state index in [1.807, 2.05) is 13.1 Å². The molecule has 1 aliphatic heterocycles. The molecule has 0 aromatic carbocycles. The van der Waals surface area contributed by atoms with Crippen molar-refractivity contribution in [1.82, 2.24) is 9.88 Å². The molecule has 1 fully saturated rings. The second-order valence-electron chi connectivity index (χ2n) is 4.76. The Balaban J connectivity index is 2.01. The second-order valence-corrected chi connectivity index (χ2v) is 5.86. The highest BCUT2D eigenvalue weighted by Crippen LogP contribution is 2.32. The van der Waals surface area contributed by atoms with Gasteiger partial charge in [-0.3, -0.25) is 0 Å². The molecule has 0 spiro atoms. The molecule has 90 valence electrons. The number of rotatable bonds is 3. The van der Waals surface area contributed by atoms with Crippen molar-refractivity contribution < 1.29 is 5.11 Å². The maximum atomic E-state index is 9.11. The van der Waals surface area contributed by atoms with E-state index in [4.69, 9.17) is 5.11 Å². The molecule has 1 aromatic rings. The van der Waals surface area contributed by atoms with Crippen LogP contribution < -0.4 is 0 Å². The lowest BCUT2D eigenvalue weighted by atomic mass is 9.98. The van der Waals surface area contributed by atoms with Gasteiger partial charge in [-0.15, -0.1) is 11.3 Å². The lowest BCUT2D eigenvalue weighted by Crippen LogP contribution is -2.29. The normalized spacial score (nSPS) is 21.2. The largest absolute Gasteiger partial charge is 0.396 e. The molecule has 0 amide bonds. The summed E-state index contributed by atoms with van der Waals surface area (Å²) in [5, 5.41) is 10.4. The third-order valence-corrected chi connectivity index (χ3v) is 4.76. The molecular weight excluding hydrogens is 220 g/mol. The van der Waals surface area contributed by atoms with Gasteiger partial charge in [-0.2, -0.15) is 0 Å². The van der Waals surface area contributed by atoms with E-state index >= 15 is 0 Å². The summed E-state index contributed by atoms with van der Waals surface area (Å²) in [6.07, 6.45) is 4.38. The Kier molecular flexibility index (Phi) is 3.95. The fraction of sp³-hybridized carbons (Fsp3) is 0.750. The average molecular weight is 240 g/mol. The van der Waals surface area contributed by atoms with Crippen LogP contribution in [0.3, 0.4) is 0 Å². The molecule has 2 rings (SSSR count). The van der Waals surface area contributed by atoms with Crippen LogP contribution in [0.25, 0.3) is 0 Å². The van der Waals surface area contributed by atoms with Crippen LogP contribution in [-0.4, -0.2) is 41.7 Å². The standard InChI is InChI=1S/C12H20N2OS/c1-9(8-15)11-7-13-12(16-11)10-3-5-14(2)6-4-10/h7,9-10,15H,3-6,8H2,1-2H3. The fourth-order valence-electron chi connectivity index (χ4n) is 2.06. The molecule has 0 radical (unpaired) electrons. The maximum Gasteiger partial charge on any atom is 0.0959 e. The molecule has 0 bridgehead atoms. The molecule has 4 heteroatoms. The lowest BCUT2D eigenvalue weighted by Gasteiger charge is -2.27. The van der Waals surface area contributed by atoms with Gasteiger partial charge in [0, 0.05) is 22.9 Å². The summed E-state index contributed by atoms with van der Waals surface area (Å²) >= 11 is 1.78. The molecule has 1 aromatic heterocycles. The fourth-order valence-corrected chi connectivity index (χ4v) is 3.19. The first-order chi connectivity index (χ1) is 7.70. The zero-order chi connectivity index (χ0) is 11.5. The highest BCUT2D eigenvalue weighted by atomic mass is 32.1. The van der Waals surface area contributed by atoms with Crippen LogP contribution in [0.15, 0.2) is 6.20 Å². The molecule has 1 N–H and O–H groups in total. The summed E-state index contributed by atoms with van der Waals surface area (Å²) in [7, 11) is 2.18. The number of thiazole rings is 1. The van der Waals surface area contributed by atoms with Crippen LogP contribution in [0.1, 0.15) is 41.5 Å². The Labute approximate surface area is 101 Å². The summed E-state index contributed by atoms with van der Waals surface area (Å²) in [6, 6.07) is 0. The SMILES string of the molecule is CC(CO)c1cnc(C2CCN(C)CC2)s1. The van der Waals surface area contributed by atoms with Crippen molar-refractivity contribution in [2.45, 2.75) is 31.6 Å². The van der Waals surface area contributed by atoms with E-state index in [0.717, 1.165) is 0 Å². The Bertz CT molecular complexity index is 332. The molecule has 2 heterocycles. The van der Waals surface area contributed by atoms with Gasteiger partial charge in [0.1, 0.15) is 0 Å². The first kappa shape index (κ1) is 12.0. The number of piperidine rings is 1. The molecule has 1 atom stereocenters. The Morgan fingerprint density at radius 2 is 2.25 bits per heavy atom. The van der Waals surface area contributed by atoms with Crippen LogP contribution in [0.2, 0.25) is 0 Å². The van der Waals surface area contributed by atoms with Crippen molar-refractivity contribution in [3.8, 4) is 0 Å². The monoisotopic (exact) mass is 240 g/mol. The Morgan fingerprint density at radius 3 is 2.88 bits per heavy atom. The molecule has 1 saturated heterocycles. The number of aromatic nitrogens is 1. The number of aliphatic hydroxyl groups excluding tert-OH is 1. The average Bonchev–Trinajstić information content (AvgIpc) is 2.78. The number of hydrogen-bond acceptors (Lipinski definition) is 4. The van der Waals surface area contributed by atoms with Gasteiger partial charge in [0.15, 0.2) is 0 Å². The van der Waals surface area contributed by atoms with Crippen molar-refractivity contribution in [2.24, 2.45) is 0 Å². The van der Waals surface area contributed by atoms with Gasteiger partial charge < -0.3 is 10.0 Å². The maximum absolute atomic E-state index is 9.11. The quantitative estimate of drug-likeness (QED) is 0.878. The van der Waals surface area contributed by atoms with Gasteiger partial charge >= 0.3 is 0 Å². The van der Waals surface area contributed by atoms with Crippen molar-refractivity contribution >= 4 is 11.3 Å². The Morgan fingerprint density at radius 1 is 1.56 bits per heavy atom. The first-order valence-corrected chi connectivity index (χ1v) is 6.77. The molecule has 1 unspecified atom stereocenters. The van der Waals surface area contributed by atoms with Crippen LogP contribution in [0.5, 0.6) is 0 Å². The third kappa shape index (κ3) is 2.62. The van der Waals surface area contributed by atoms with Gasteiger partial charge in [0.05, 0.1) is 11.6 Å². The van der Waals surface area contributed by atoms with Crippen molar-refractivity contribution in [3.63, 3.8) is 0 Å². The van der Waals surface area contributed by atoms with Gasteiger partial charge in [0.25, 0.3) is 0 Å². The molecule has 3 nitrogen and oxygen atoms in total. The molecular formula is C12H20N2OS. The van der Waals surface area contributed by atoms with Gasteiger partial charge in [-0.05, 0) is 33.0 Å². The smallest absolute Gasteiger partial charge is 0.0959 e. The van der Waals surface area contributed by atoms with E-state index in [2.05, 4.69) is 16.9 Å². The van der Waals surface area contributed by atoms with E-state index in [1.165, 1.54) is 35.8 Å². The predicted octanol–water partition coefficient (Wildman–Crippen LogP) is 2.05. The van der Waals surface area contributed by atoms with Crippen molar-refractivity contribution in [2.75, 3.05) is 26.7 Å². The van der Waals surface area contributed by atoms with E-state index in [-0.39, 0.29) is 12.5 Å². The summed E-state index contributed by atoms with van der Waals surface area (Å²) < 4.78 is 0. The van der Waals surface area contributed by atoms with E-state index in [1.54, 1.807) is 11.3 Å². The zero-order valence-electron chi connectivity index (χ0n) is 10.0. The molecule has 16 heavy (non-hydrogen) atoms. The van der Waals surface area contributed by atoms with E-state index < -0.39 is 0 Å². The topological polar surface area (TPSA) is 36.4 Å². The minimum atomic E-state index is 0.217. The minimum absolute atomic E-state index is 0.217. The number of hydrogen-bond donors (Lipinski definition) is 1. The van der Waals surface area contributed by atoms with E-state index in [9.17, 15) is 0 Å². The van der Waals surface area contributed by atoms with Gasteiger partial charge in [0.2, 0.25) is 0 Å². The van der Waals surface area contributed by atoms with Gasteiger partial charge in [-0.25, -0.2) is 4.98 Å². The number of nitrogens with zero attached hydrogens (tertiary/aromatic N) is 2. The minimum Gasteiger partial charge on any atom is -0.396 e. The molecule has 0 saturated carbocycles. The second kappa shape index (κ2) is 5.25. The molecule has 1 aliphatic rings. The number of likely N-dealkylation sites (tertiary alicyclic amines) is 1. The van der Waals surface area contributed by atoms with Crippen LogP contribution >= 0.6 is 11.3 Å². The third-order valence-electron chi connectivity index (χ3n) is 3.37. The van der Waals surface area contributed by atoms with Crippen molar-refractivity contribution in [1.29, 1.82) is 0 Å². The van der Waals surface area contributed by atoms with Crippen LogP contribution in [0.4, 0.5) is 0 Å². The summed E-state index contributed by atoms with van der Waals surface area (Å²) in [6.45, 7) is 4.62. The summed E-state index contributed by atoms with van der Waals surface area (Å²) in [5.41, 5.74) is 0. The Hall–Kier alpha value is -0.450. The predicted molar refractivity (Wildman–Crippen MR) is 67.1 cm³/mol. The molecule has 0 aliphatic carbocycles. The van der Waals surface area contributed by atoms with Crippen LogP contribution in [-0.2, 0) is 0 Å². The van der Waals surface area contributed by atoms with Gasteiger partial charge in [-0.1, -0.05) is 6.92 Å². The lowest BCUT2D eigenvalue weighted by molar-refractivity contribution is 0.255. The highest BCUT2D eigenvalue weighted by molar-refractivity contribution is 7.11. The highest BCUT2D eigenvalue weighted by Gasteiger charge is 2.21. The first-order valence-electron chi connectivity index (χ1n) is 5.95. The zero-order valence-corrected chi connectivity index (χ0v) is 10.8. The summed E-state index contributed by atoms with van der Waals surface area (Å²) in [4.78, 5) is 8.12.